The molecule has 0 fully saturated rings. The first-order valence-electron chi connectivity index (χ1n) is 28.2. The fraction of sp³-hybridized carbons (Fsp3) is 0. The van der Waals surface area contributed by atoms with Crippen LogP contribution in [0.1, 0.15) is 0 Å². The predicted octanol–water partition coefficient (Wildman–Crippen LogP) is 19.6. The van der Waals surface area contributed by atoms with Crippen molar-refractivity contribution in [1.29, 1.82) is 0 Å². The first kappa shape index (κ1) is 44.9. The largest absolute Gasteiger partial charge is 0.316 e. The Labute approximate surface area is 470 Å². The smallest absolute Gasteiger partial charge is 0.0635 e. The zero-order valence-corrected chi connectivity index (χ0v) is 44.4. The van der Waals surface area contributed by atoms with E-state index in [1.54, 1.807) is 0 Å². The lowest BCUT2D eigenvalue weighted by atomic mass is 10.0. The predicted molar refractivity (Wildman–Crippen MR) is 343 cm³/mol. The molecule has 0 aliphatic rings. The van der Waals surface area contributed by atoms with Gasteiger partial charge in [0.15, 0.2) is 0 Å². The fourth-order valence-electron chi connectivity index (χ4n) is 13.9. The maximum Gasteiger partial charge on any atom is 0.0635 e. The molecular weight excluding hydrogens is 997 g/mol. The van der Waals surface area contributed by atoms with Gasteiger partial charge in [0.1, 0.15) is 0 Å². The van der Waals surface area contributed by atoms with Crippen molar-refractivity contribution >= 4 is 109 Å². The monoisotopic (exact) mass is 1040 g/mol. The third-order valence-corrected chi connectivity index (χ3v) is 17.5. The van der Waals surface area contributed by atoms with Crippen molar-refractivity contribution in [2.24, 2.45) is 0 Å². The number of hydrogen-bond acceptors (Lipinski definition) is 0. The maximum absolute atomic E-state index is 2.46. The van der Waals surface area contributed by atoms with Crippen molar-refractivity contribution in [1.82, 2.24) is 27.4 Å². The molecule has 0 radical (unpaired) electrons. The molecular formula is C76H48N6. The van der Waals surface area contributed by atoms with E-state index in [1.165, 1.54) is 120 Å². The highest BCUT2D eigenvalue weighted by molar-refractivity contribution is 6.20. The molecule has 0 spiro atoms. The van der Waals surface area contributed by atoms with Crippen LogP contribution < -0.4 is 0 Å². The standard InChI is InChI=1S/C76H48N6/c1-3-15-51(16-4-1)79-69-23-11-9-21-59(69)65-47-55(35-39-73(65)79)77-45-43-63-67(77)41-37-61-57-19-7-13-25-71(57)81(75(61)63)53-31-27-49(28-32-53)50-29-33-54(34-30-50)82-72-26-14-8-20-58(72)62-38-42-68-64(76(62)82)44-46-78(68)56-36-40-74-66(48-56)60-22-10-12-24-70(60)80(74)52-17-5-2-6-18-52/h1-48H. The Kier molecular flexibility index (Phi) is 9.41. The molecule has 0 unspecified atom stereocenters. The van der Waals surface area contributed by atoms with E-state index in [1.807, 2.05) is 0 Å². The van der Waals surface area contributed by atoms with Crippen molar-refractivity contribution in [2.45, 2.75) is 0 Å². The van der Waals surface area contributed by atoms with Gasteiger partial charge in [0.05, 0.1) is 55.2 Å². The molecule has 18 rings (SSSR count). The summed E-state index contributed by atoms with van der Waals surface area (Å²) in [6.45, 7) is 0. The molecule has 18 aromatic rings. The topological polar surface area (TPSA) is 29.6 Å². The van der Waals surface area contributed by atoms with Crippen LogP contribution in [-0.4, -0.2) is 27.4 Å². The minimum atomic E-state index is 1.13. The number of fused-ring (bicyclic) bond motifs is 16. The lowest BCUT2D eigenvalue weighted by molar-refractivity contribution is 1.13. The first-order chi connectivity index (χ1) is 40.7. The second-order valence-electron chi connectivity index (χ2n) is 21.7. The zero-order chi connectivity index (χ0) is 53.6. The van der Waals surface area contributed by atoms with E-state index in [4.69, 9.17) is 0 Å². The van der Waals surface area contributed by atoms with Gasteiger partial charge in [-0.25, -0.2) is 0 Å². The van der Waals surface area contributed by atoms with Crippen molar-refractivity contribution in [3.8, 4) is 45.3 Å². The van der Waals surface area contributed by atoms with Crippen LogP contribution in [-0.2, 0) is 0 Å². The number of benzene rings is 12. The van der Waals surface area contributed by atoms with Crippen molar-refractivity contribution in [3.05, 3.63) is 291 Å². The highest BCUT2D eigenvalue weighted by atomic mass is 15.0. The van der Waals surface area contributed by atoms with E-state index < -0.39 is 0 Å². The minimum Gasteiger partial charge on any atom is -0.316 e. The summed E-state index contributed by atoms with van der Waals surface area (Å²) in [6, 6.07) is 102. The zero-order valence-electron chi connectivity index (χ0n) is 44.4. The molecule has 12 aromatic carbocycles. The lowest BCUT2D eigenvalue weighted by Crippen LogP contribution is -1.96. The number of nitrogens with zero attached hydrogens (tertiary/aromatic N) is 6. The molecule has 382 valence electrons. The summed E-state index contributed by atoms with van der Waals surface area (Å²) in [5.41, 5.74) is 21.1. The Balaban J connectivity index is 0.711. The normalized spacial score (nSPS) is 12.1. The Morgan fingerprint density at radius 2 is 0.476 bits per heavy atom. The van der Waals surface area contributed by atoms with Gasteiger partial charge in [-0.05, 0) is 145 Å². The lowest BCUT2D eigenvalue weighted by Gasteiger charge is -2.12. The SMILES string of the molecule is c1ccc(-n2c3ccccc3c3cc(-n4ccc5c4ccc4c6ccccc6n(-c6ccc(-c7ccc(-n8c9ccccc9c9ccc%10c(ccn%10-c%10ccc%11c(c%10)c%10ccccc%10n%11-c%10ccccc%10)c98)cc7)cc6)c45)ccc32)cc1. The van der Waals surface area contributed by atoms with Crippen molar-refractivity contribution in [2.75, 3.05) is 0 Å². The maximum atomic E-state index is 2.46. The summed E-state index contributed by atoms with van der Waals surface area (Å²) in [7, 11) is 0. The number of hydrogen-bond donors (Lipinski definition) is 0. The molecule has 6 nitrogen and oxygen atoms in total. The molecule has 0 atom stereocenters. The molecule has 0 bridgehead atoms. The van der Waals surface area contributed by atoms with Crippen LogP contribution in [0.25, 0.3) is 154 Å². The highest BCUT2D eigenvalue weighted by Crippen LogP contribution is 2.42. The quantitative estimate of drug-likeness (QED) is 0.152. The van der Waals surface area contributed by atoms with Crippen LogP contribution in [0.15, 0.2) is 291 Å². The van der Waals surface area contributed by atoms with Crippen molar-refractivity contribution < 1.29 is 0 Å². The Morgan fingerprint density at radius 1 is 0.171 bits per heavy atom. The molecule has 0 aliphatic heterocycles. The van der Waals surface area contributed by atoms with E-state index in [9.17, 15) is 0 Å². The van der Waals surface area contributed by atoms with E-state index in [-0.39, 0.29) is 0 Å². The molecule has 6 aromatic heterocycles. The molecule has 6 heterocycles. The summed E-state index contributed by atoms with van der Waals surface area (Å²) in [5, 5.41) is 12.3. The van der Waals surface area contributed by atoms with Crippen LogP contribution in [0, 0.1) is 0 Å². The van der Waals surface area contributed by atoms with Crippen LogP contribution in [0.4, 0.5) is 0 Å². The molecule has 82 heavy (non-hydrogen) atoms. The van der Waals surface area contributed by atoms with E-state index in [0.29, 0.717) is 0 Å². The first-order valence-corrected chi connectivity index (χ1v) is 28.2. The van der Waals surface area contributed by atoms with Gasteiger partial charge in [0, 0.05) is 100 Å². The Morgan fingerprint density at radius 3 is 0.878 bits per heavy atom. The number of para-hydroxylation sites is 6. The molecule has 0 saturated carbocycles. The highest BCUT2D eigenvalue weighted by Gasteiger charge is 2.21. The Bertz CT molecular complexity index is 5260. The average molecular weight is 1050 g/mol. The summed E-state index contributed by atoms with van der Waals surface area (Å²) < 4.78 is 14.4. The van der Waals surface area contributed by atoms with Gasteiger partial charge in [-0.15, -0.1) is 0 Å². The van der Waals surface area contributed by atoms with Crippen LogP contribution in [0.5, 0.6) is 0 Å². The molecule has 0 N–H and O–H groups in total. The van der Waals surface area contributed by atoms with E-state index in [2.05, 4.69) is 319 Å². The van der Waals surface area contributed by atoms with Gasteiger partial charge in [-0.1, -0.05) is 146 Å². The minimum absolute atomic E-state index is 1.13. The van der Waals surface area contributed by atoms with Gasteiger partial charge in [-0.3, -0.25) is 0 Å². The summed E-state index contributed by atoms with van der Waals surface area (Å²) in [4.78, 5) is 0. The number of rotatable bonds is 7. The average Bonchev–Trinajstić information content (AvgIpc) is 4.46. The van der Waals surface area contributed by atoms with Crippen LogP contribution in [0.2, 0.25) is 0 Å². The molecule has 0 amide bonds. The molecule has 0 saturated heterocycles. The summed E-state index contributed by atoms with van der Waals surface area (Å²) in [5.74, 6) is 0. The van der Waals surface area contributed by atoms with Crippen molar-refractivity contribution in [3.63, 3.8) is 0 Å². The molecule has 0 aliphatic carbocycles. The summed E-state index contributed by atoms with van der Waals surface area (Å²) in [6.07, 6.45) is 4.48. The van der Waals surface area contributed by atoms with Gasteiger partial charge in [0.25, 0.3) is 0 Å². The van der Waals surface area contributed by atoms with Gasteiger partial charge < -0.3 is 27.4 Å². The number of aromatic nitrogens is 6. The second kappa shape index (κ2) is 17.2. The van der Waals surface area contributed by atoms with E-state index >= 15 is 0 Å². The fourth-order valence-corrected chi connectivity index (χ4v) is 13.9. The van der Waals surface area contributed by atoms with Gasteiger partial charge in [0.2, 0.25) is 0 Å². The van der Waals surface area contributed by atoms with Gasteiger partial charge in [-0.2, -0.15) is 0 Å². The molecule has 6 heteroatoms. The van der Waals surface area contributed by atoms with E-state index in [0.717, 1.165) is 34.1 Å². The third kappa shape index (κ3) is 6.40. The van der Waals surface area contributed by atoms with Gasteiger partial charge >= 0.3 is 0 Å². The second-order valence-corrected chi connectivity index (χ2v) is 21.7. The Hall–Kier alpha value is -11.1. The third-order valence-electron chi connectivity index (χ3n) is 17.5. The van der Waals surface area contributed by atoms with Crippen LogP contribution in [0.3, 0.4) is 0 Å². The summed E-state index contributed by atoms with van der Waals surface area (Å²) >= 11 is 0. The van der Waals surface area contributed by atoms with Crippen LogP contribution >= 0.6 is 0 Å².